The predicted molar refractivity (Wildman–Crippen MR) is 318 cm³/mol. The molecule has 0 saturated heterocycles. The summed E-state index contributed by atoms with van der Waals surface area (Å²) in [5.74, 6) is 3.73. The molecule has 6 heteroatoms. The summed E-state index contributed by atoms with van der Waals surface area (Å²) in [5, 5.41) is 0. The normalized spacial score (nSPS) is 11.1. The zero-order valence-electron chi connectivity index (χ0n) is 42.4. The largest absolute Gasteiger partial charge is 0.208 e. The minimum absolute atomic E-state index is 0.606. The highest BCUT2D eigenvalue weighted by atomic mass is 15.0. The average molecular weight is 997 g/mol. The lowest BCUT2D eigenvalue weighted by Crippen LogP contribution is -2.00. The molecule has 0 bridgehead atoms. The number of aromatic nitrogens is 6. The topological polar surface area (TPSA) is 77.3 Å². The van der Waals surface area contributed by atoms with Gasteiger partial charge in [-0.05, 0) is 97.1 Å². The van der Waals surface area contributed by atoms with Gasteiger partial charge in [-0.3, -0.25) is 0 Å². The highest BCUT2D eigenvalue weighted by molar-refractivity contribution is 5.82. The summed E-state index contributed by atoms with van der Waals surface area (Å²) in [6.07, 6.45) is 0. The summed E-state index contributed by atoms with van der Waals surface area (Å²) >= 11 is 0. The maximum absolute atomic E-state index is 5.15. The molecule has 0 aliphatic carbocycles. The number of hydrogen-bond donors (Lipinski definition) is 0. The van der Waals surface area contributed by atoms with Crippen LogP contribution in [0.2, 0.25) is 0 Å². The summed E-state index contributed by atoms with van der Waals surface area (Å²) in [7, 11) is 0. The second kappa shape index (κ2) is 21.4. The molecule has 13 aromatic rings. The first-order valence-electron chi connectivity index (χ1n) is 26.1. The molecule has 0 aliphatic heterocycles. The van der Waals surface area contributed by atoms with E-state index in [0.717, 1.165) is 100 Å². The molecule has 2 heterocycles. The molecule has 2 aromatic heterocycles. The minimum Gasteiger partial charge on any atom is -0.208 e. The molecule has 0 aliphatic rings. The van der Waals surface area contributed by atoms with Crippen LogP contribution in [0, 0.1) is 0 Å². The summed E-state index contributed by atoms with van der Waals surface area (Å²) in [4.78, 5) is 30.3. The Hall–Kier alpha value is -10.6. The highest BCUT2D eigenvalue weighted by Gasteiger charge is 2.16. The number of benzene rings is 11. The van der Waals surface area contributed by atoms with Crippen molar-refractivity contribution in [3.05, 3.63) is 291 Å². The first kappa shape index (κ1) is 47.2. The lowest BCUT2D eigenvalue weighted by atomic mass is 9.94. The Morgan fingerprint density at radius 1 is 0.115 bits per heavy atom. The van der Waals surface area contributed by atoms with Gasteiger partial charge in [0.05, 0.1) is 0 Å². The fourth-order valence-electron chi connectivity index (χ4n) is 9.90. The van der Waals surface area contributed by atoms with Gasteiger partial charge in [-0.2, -0.15) is 0 Å². The molecule has 0 saturated carbocycles. The van der Waals surface area contributed by atoms with E-state index < -0.39 is 0 Å². The van der Waals surface area contributed by atoms with E-state index in [0.29, 0.717) is 34.9 Å². The van der Waals surface area contributed by atoms with Gasteiger partial charge in [-0.15, -0.1) is 0 Å². The van der Waals surface area contributed by atoms with Gasteiger partial charge in [0.25, 0.3) is 0 Å². The first-order valence-corrected chi connectivity index (χ1v) is 26.1. The van der Waals surface area contributed by atoms with Crippen molar-refractivity contribution in [2.45, 2.75) is 0 Å². The maximum atomic E-state index is 5.15. The van der Waals surface area contributed by atoms with Crippen molar-refractivity contribution < 1.29 is 0 Å². The van der Waals surface area contributed by atoms with E-state index >= 15 is 0 Å². The van der Waals surface area contributed by atoms with Crippen LogP contribution in [0.4, 0.5) is 0 Å². The Bertz CT molecular complexity index is 4060. The number of rotatable bonds is 12. The lowest BCUT2D eigenvalue weighted by Gasteiger charge is -2.12. The highest BCUT2D eigenvalue weighted by Crippen LogP contribution is 2.36. The lowest BCUT2D eigenvalue weighted by molar-refractivity contribution is 1.07. The van der Waals surface area contributed by atoms with Gasteiger partial charge in [-0.25, -0.2) is 29.9 Å². The smallest absolute Gasteiger partial charge is 0.164 e. The fraction of sp³-hybridized carbons (Fsp3) is 0. The van der Waals surface area contributed by atoms with Crippen LogP contribution in [0.1, 0.15) is 0 Å². The van der Waals surface area contributed by atoms with Gasteiger partial charge < -0.3 is 0 Å². The van der Waals surface area contributed by atoms with E-state index in [4.69, 9.17) is 29.9 Å². The van der Waals surface area contributed by atoms with Gasteiger partial charge in [0.1, 0.15) is 0 Å². The molecular weight excluding hydrogens is 949 g/mol. The average Bonchev–Trinajstić information content (AvgIpc) is 3.54. The zero-order valence-corrected chi connectivity index (χ0v) is 42.4. The maximum Gasteiger partial charge on any atom is 0.164 e. The zero-order chi connectivity index (χ0) is 52.0. The molecule has 6 nitrogen and oxygen atoms in total. The van der Waals surface area contributed by atoms with Gasteiger partial charge in [0, 0.05) is 33.4 Å². The van der Waals surface area contributed by atoms with Gasteiger partial charge >= 0.3 is 0 Å². The van der Waals surface area contributed by atoms with Crippen LogP contribution in [0.3, 0.4) is 0 Å². The number of nitrogens with zero attached hydrogens (tertiary/aromatic N) is 6. The van der Waals surface area contributed by atoms with Crippen molar-refractivity contribution in [3.8, 4) is 135 Å². The van der Waals surface area contributed by atoms with Gasteiger partial charge in [0.2, 0.25) is 0 Å². The molecule has 11 aromatic carbocycles. The van der Waals surface area contributed by atoms with E-state index in [1.807, 2.05) is 72.8 Å². The molecule has 366 valence electrons. The van der Waals surface area contributed by atoms with E-state index in [1.54, 1.807) is 0 Å². The third kappa shape index (κ3) is 10.2. The van der Waals surface area contributed by atoms with Crippen molar-refractivity contribution in [3.63, 3.8) is 0 Å². The van der Waals surface area contributed by atoms with Crippen LogP contribution in [0.15, 0.2) is 291 Å². The second-order valence-electron chi connectivity index (χ2n) is 19.1. The van der Waals surface area contributed by atoms with Crippen LogP contribution in [0.25, 0.3) is 135 Å². The van der Waals surface area contributed by atoms with Crippen molar-refractivity contribution in [2.75, 3.05) is 0 Å². The molecule has 0 N–H and O–H groups in total. The molecule has 0 radical (unpaired) electrons. The van der Waals surface area contributed by atoms with Crippen molar-refractivity contribution in [1.29, 1.82) is 0 Å². The summed E-state index contributed by atoms with van der Waals surface area (Å²) in [5.41, 5.74) is 18.9. The van der Waals surface area contributed by atoms with Crippen molar-refractivity contribution in [1.82, 2.24) is 29.9 Å². The Labute approximate surface area is 453 Å². The summed E-state index contributed by atoms with van der Waals surface area (Å²) < 4.78 is 0. The van der Waals surface area contributed by atoms with Crippen LogP contribution in [0.5, 0.6) is 0 Å². The molecule has 0 fully saturated rings. The minimum atomic E-state index is 0.606. The Balaban J connectivity index is 0.798. The molecule has 0 amide bonds. The van der Waals surface area contributed by atoms with Crippen molar-refractivity contribution in [2.24, 2.45) is 0 Å². The fourth-order valence-corrected chi connectivity index (χ4v) is 9.90. The van der Waals surface area contributed by atoms with Crippen LogP contribution in [-0.2, 0) is 0 Å². The molecule has 0 spiro atoms. The van der Waals surface area contributed by atoms with E-state index in [9.17, 15) is 0 Å². The Morgan fingerprint density at radius 3 is 0.526 bits per heavy atom. The first-order chi connectivity index (χ1) is 38.6. The van der Waals surface area contributed by atoms with E-state index in [2.05, 4.69) is 218 Å². The third-order valence-corrected chi connectivity index (χ3v) is 14.0. The quantitative estimate of drug-likeness (QED) is 0.121. The van der Waals surface area contributed by atoms with Crippen LogP contribution >= 0.6 is 0 Å². The Morgan fingerprint density at radius 2 is 0.269 bits per heavy atom. The van der Waals surface area contributed by atoms with E-state index in [1.165, 1.54) is 0 Å². The Kier molecular flexibility index (Phi) is 12.9. The standard InChI is InChI=1S/C72H48N6/c1-5-18-49(19-6-1)51-36-40-55(41-37-51)69-74-70(56-42-38-52(39-43-56)50-20-7-2-8-21-50)78-72(77-69)66-35-17-33-64(48-66)62-31-15-29-60(46-62)58-27-13-26-57(44-58)59-28-14-30-61(45-59)63-32-16-34-65(47-63)71-75-67(53-22-9-3-10-23-53)73-68(76-71)54-24-11-4-12-25-54/h1-48H. The second-order valence-corrected chi connectivity index (χ2v) is 19.1. The third-order valence-electron chi connectivity index (χ3n) is 14.0. The monoisotopic (exact) mass is 996 g/mol. The van der Waals surface area contributed by atoms with Crippen LogP contribution < -0.4 is 0 Å². The summed E-state index contributed by atoms with van der Waals surface area (Å²) in [6, 6.07) is 101. The van der Waals surface area contributed by atoms with Crippen molar-refractivity contribution >= 4 is 0 Å². The molecule has 0 atom stereocenters. The van der Waals surface area contributed by atoms with Gasteiger partial charge in [0.15, 0.2) is 34.9 Å². The van der Waals surface area contributed by atoms with Crippen LogP contribution in [-0.4, -0.2) is 29.9 Å². The summed E-state index contributed by atoms with van der Waals surface area (Å²) in [6.45, 7) is 0. The molecular formula is C72H48N6. The number of hydrogen-bond acceptors (Lipinski definition) is 6. The SMILES string of the molecule is c1ccc(-c2ccc(-c3nc(-c4ccc(-c5ccccc5)cc4)nc(-c4cccc(-c5cccc(-c6cccc(-c7cccc(-c8cccc(-c9nc(-c%10ccccc%10)nc(-c%10ccccc%10)n9)c8)c7)c6)c5)c4)n3)cc2)cc1. The predicted octanol–water partition coefficient (Wildman–Crippen LogP) is 18.1. The molecule has 13 rings (SSSR count). The van der Waals surface area contributed by atoms with E-state index in [-0.39, 0.29) is 0 Å². The molecule has 78 heavy (non-hydrogen) atoms. The molecule has 0 unspecified atom stereocenters. The van der Waals surface area contributed by atoms with Gasteiger partial charge in [-0.1, -0.05) is 261 Å².